The summed E-state index contributed by atoms with van der Waals surface area (Å²) in [5, 5.41) is 10.7. The number of β-lactam (4-membered cyclic amide) rings is 1. The van der Waals surface area contributed by atoms with Crippen molar-refractivity contribution in [3.05, 3.63) is 66.2 Å². The van der Waals surface area contributed by atoms with Crippen LogP contribution in [0.1, 0.15) is 5.56 Å². The molecule has 3 atom stereocenters. The fraction of sp³-hybridized carbons (Fsp3) is 0.304. The first-order chi connectivity index (χ1) is 17.5. The number of thioether (sulfide) groups is 1. The van der Waals surface area contributed by atoms with Crippen molar-refractivity contribution < 1.29 is 38.5 Å². The quantitative estimate of drug-likeness (QED) is 0.243. The smallest absolute Gasteiger partial charge is 0.369 e. The molecule has 2 aromatic rings. The minimum absolute atomic E-state index is 0.154. The summed E-state index contributed by atoms with van der Waals surface area (Å²) < 4.78 is 13.4. The van der Waals surface area contributed by atoms with Crippen molar-refractivity contribution in [3.8, 4) is 5.75 Å². The number of aliphatic hydroxyl groups excluding tert-OH is 1. The Bertz CT molecular complexity index is 1100. The summed E-state index contributed by atoms with van der Waals surface area (Å²) in [4.78, 5) is 50.6. The number of alkyl halides is 3. The van der Waals surface area contributed by atoms with Crippen LogP contribution in [0.4, 0.5) is 4.79 Å². The van der Waals surface area contributed by atoms with Crippen LogP contribution in [0.15, 0.2) is 60.7 Å². The van der Waals surface area contributed by atoms with E-state index in [2.05, 4.69) is 5.32 Å². The summed E-state index contributed by atoms with van der Waals surface area (Å²) in [6.45, 7) is -1.17. The highest BCUT2D eigenvalue weighted by molar-refractivity contribution is 8.13. The Labute approximate surface area is 231 Å². The fourth-order valence-electron chi connectivity index (χ4n) is 3.07. The number of nitrogens with zero attached hydrogens (tertiary/aromatic N) is 1. The molecule has 0 aliphatic carbocycles. The van der Waals surface area contributed by atoms with Crippen LogP contribution in [0.2, 0.25) is 0 Å². The Balaban J connectivity index is 1.64. The number of halogens is 3. The first kappa shape index (κ1) is 28.9. The van der Waals surface area contributed by atoms with Crippen LogP contribution < -0.4 is 10.1 Å². The zero-order chi connectivity index (χ0) is 27.0. The zero-order valence-electron chi connectivity index (χ0n) is 18.9. The van der Waals surface area contributed by atoms with Gasteiger partial charge in [0, 0.05) is 0 Å². The first-order valence-electron chi connectivity index (χ1n) is 10.6. The molecule has 1 saturated heterocycles. The fourth-order valence-corrected chi connectivity index (χ4v) is 4.22. The van der Waals surface area contributed by atoms with E-state index in [1.165, 1.54) is 0 Å². The lowest BCUT2D eigenvalue weighted by molar-refractivity contribution is -0.183. The summed E-state index contributed by atoms with van der Waals surface area (Å²) in [5.41, 5.74) is 0.655. The van der Waals surface area contributed by atoms with Gasteiger partial charge in [0.25, 0.3) is 11.8 Å². The van der Waals surface area contributed by atoms with Crippen LogP contribution in [-0.2, 0) is 30.5 Å². The standard InChI is InChI=1S/C23H21Cl3N2O8S/c24-23(25,26)13-36-22(33)37-20-17(27-16(29)12-34-15-9-5-2-6-10-15)18(30)28(20)19(31)21(32)35-11-14-7-3-1-4-8-14/h1-10,17,19-20,31H,11-13H2,(H,27,29). The van der Waals surface area contributed by atoms with Gasteiger partial charge in [-0.15, -0.1) is 0 Å². The highest BCUT2D eigenvalue weighted by atomic mass is 35.6. The molecule has 2 aromatic carbocycles. The van der Waals surface area contributed by atoms with Crippen LogP contribution in [0, 0.1) is 0 Å². The number of para-hydroxylation sites is 1. The third kappa shape index (κ3) is 8.68. The molecule has 0 bridgehead atoms. The number of hydrogen-bond acceptors (Lipinski definition) is 9. The predicted octanol–water partition coefficient (Wildman–Crippen LogP) is 3.02. The molecule has 2 N–H and O–H groups in total. The number of benzene rings is 2. The number of amides is 2. The number of carbonyl (C=O) groups is 4. The second kappa shape index (κ2) is 13.2. The maximum atomic E-state index is 12.8. The highest BCUT2D eigenvalue weighted by Gasteiger charge is 2.54. The molecule has 1 fully saturated rings. The van der Waals surface area contributed by atoms with Gasteiger partial charge in [0.1, 0.15) is 30.4 Å². The average Bonchev–Trinajstić information content (AvgIpc) is 2.88. The average molecular weight is 592 g/mol. The third-order valence-electron chi connectivity index (χ3n) is 4.78. The lowest BCUT2D eigenvalue weighted by Crippen LogP contribution is -2.73. The molecule has 2 amide bonds. The maximum absolute atomic E-state index is 12.8. The molecule has 198 valence electrons. The Kier molecular flexibility index (Phi) is 10.3. The van der Waals surface area contributed by atoms with Crippen molar-refractivity contribution in [1.82, 2.24) is 10.2 Å². The summed E-state index contributed by atoms with van der Waals surface area (Å²) in [5.74, 6) is -2.21. The normalized spacial score (nSPS) is 17.8. The Morgan fingerprint density at radius 2 is 1.65 bits per heavy atom. The monoisotopic (exact) mass is 590 g/mol. The lowest BCUT2D eigenvalue weighted by Gasteiger charge is -2.47. The van der Waals surface area contributed by atoms with Crippen molar-refractivity contribution >= 4 is 69.6 Å². The number of aliphatic hydroxyl groups is 1. The van der Waals surface area contributed by atoms with Crippen LogP contribution in [0.3, 0.4) is 0 Å². The number of rotatable bonds is 10. The molecule has 3 rings (SSSR count). The molecule has 1 aliphatic heterocycles. The maximum Gasteiger partial charge on any atom is 0.369 e. The van der Waals surface area contributed by atoms with Gasteiger partial charge < -0.3 is 24.6 Å². The number of carbonyl (C=O) groups excluding carboxylic acids is 4. The van der Waals surface area contributed by atoms with Gasteiger partial charge in [0.05, 0.1) is 0 Å². The second-order valence-corrected chi connectivity index (χ2v) is 11.1. The summed E-state index contributed by atoms with van der Waals surface area (Å²) in [6, 6.07) is 15.9. The van der Waals surface area contributed by atoms with Crippen LogP contribution in [-0.4, -0.2) is 67.7 Å². The molecular formula is C23H21Cl3N2O8S. The SMILES string of the molecule is O=C(COc1ccccc1)NC1C(=O)N(C(O)C(=O)OCc2ccccc2)C1SC(=O)OCC(Cl)(Cl)Cl. The van der Waals surface area contributed by atoms with Crippen LogP contribution in [0.5, 0.6) is 5.75 Å². The van der Waals surface area contributed by atoms with Gasteiger partial charge in [-0.2, -0.15) is 0 Å². The van der Waals surface area contributed by atoms with Crippen molar-refractivity contribution in [1.29, 1.82) is 0 Å². The van der Waals surface area contributed by atoms with E-state index in [0.29, 0.717) is 28.0 Å². The number of likely N-dealkylation sites (tertiary alicyclic amines) is 1. The van der Waals surface area contributed by atoms with Crippen LogP contribution >= 0.6 is 46.6 Å². The molecule has 10 nitrogen and oxygen atoms in total. The molecule has 0 aromatic heterocycles. The molecule has 14 heteroatoms. The Morgan fingerprint density at radius 3 is 2.27 bits per heavy atom. The summed E-state index contributed by atoms with van der Waals surface area (Å²) >= 11 is 17.2. The van der Waals surface area contributed by atoms with Gasteiger partial charge >= 0.3 is 11.3 Å². The summed E-state index contributed by atoms with van der Waals surface area (Å²) in [6.07, 6.45) is -2.05. The largest absolute Gasteiger partial charge is 0.484 e. The highest BCUT2D eigenvalue weighted by Crippen LogP contribution is 2.34. The molecular weight excluding hydrogens is 571 g/mol. The predicted molar refractivity (Wildman–Crippen MR) is 136 cm³/mol. The zero-order valence-corrected chi connectivity index (χ0v) is 22.0. The van der Waals surface area contributed by atoms with E-state index in [0.717, 1.165) is 0 Å². The van der Waals surface area contributed by atoms with Gasteiger partial charge in [-0.05, 0) is 29.5 Å². The molecule has 37 heavy (non-hydrogen) atoms. The van der Waals surface area contributed by atoms with Crippen molar-refractivity contribution in [2.24, 2.45) is 0 Å². The summed E-state index contributed by atoms with van der Waals surface area (Å²) in [7, 11) is 0. The van der Waals surface area contributed by atoms with Crippen molar-refractivity contribution in [2.75, 3.05) is 13.2 Å². The minimum Gasteiger partial charge on any atom is -0.484 e. The van der Waals surface area contributed by atoms with Crippen molar-refractivity contribution in [3.63, 3.8) is 0 Å². The lowest BCUT2D eigenvalue weighted by atomic mass is 10.1. The van der Waals surface area contributed by atoms with E-state index in [1.54, 1.807) is 60.7 Å². The van der Waals surface area contributed by atoms with E-state index in [-0.39, 0.29) is 6.61 Å². The van der Waals surface area contributed by atoms with E-state index < -0.39 is 57.7 Å². The first-order valence-corrected chi connectivity index (χ1v) is 12.6. The molecule has 1 aliphatic rings. The molecule has 0 spiro atoms. The Hall–Kier alpha value is -2.70. The number of hydrogen-bond donors (Lipinski definition) is 2. The number of esters is 1. The Morgan fingerprint density at radius 1 is 1.03 bits per heavy atom. The van der Waals surface area contributed by atoms with E-state index in [9.17, 15) is 24.3 Å². The van der Waals surface area contributed by atoms with Gasteiger partial charge in [-0.1, -0.05) is 83.3 Å². The van der Waals surface area contributed by atoms with Crippen LogP contribution in [0.25, 0.3) is 0 Å². The van der Waals surface area contributed by atoms with Gasteiger partial charge in [0.2, 0.25) is 10.0 Å². The number of nitrogens with one attached hydrogen (secondary N) is 1. The molecule has 3 unspecified atom stereocenters. The molecule has 0 saturated carbocycles. The molecule has 1 heterocycles. The number of ether oxygens (including phenoxy) is 3. The second-order valence-electron chi connectivity index (χ2n) is 7.52. The van der Waals surface area contributed by atoms with Gasteiger partial charge in [-0.3, -0.25) is 14.5 Å². The topological polar surface area (TPSA) is 131 Å². The molecule has 0 radical (unpaired) electrons. The van der Waals surface area contributed by atoms with Crippen molar-refractivity contribution in [2.45, 2.75) is 28.0 Å². The minimum atomic E-state index is -2.05. The van der Waals surface area contributed by atoms with E-state index in [1.807, 2.05) is 0 Å². The van der Waals surface area contributed by atoms with Gasteiger partial charge in [-0.25, -0.2) is 9.59 Å². The van der Waals surface area contributed by atoms with E-state index in [4.69, 9.17) is 49.0 Å². The third-order valence-corrected chi connectivity index (χ3v) is 6.16. The van der Waals surface area contributed by atoms with Gasteiger partial charge in [0.15, 0.2) is 6.61 Å². The van der Waals surface area contributed by atoms with E-state index >= 15 is 0 Å².